The van der Waals surface area contributed by atoms with E-state index >= 15 is 4.39 Å². The van der Waals surface area contributed by atoms with Gasteiger partial charge in [0.1, 0.15) is 5.82 Å². The fourth-order valence-electron chi connectivity index (χ4n) is 4.03. The lowest BCUT2D eigenvalue weighted by Gasteiger charge is -2.09. The molecule has 0 aliphatic heterocycles. The van der Waals surface area contributed by atoms with E-state index in [4.69, 9.17) is 0 Å². The van der Waals surface area contributed by atoms with Gasteiger partial charge in [0.05, 0.1) is 0 Å². The van der Waals surface area contributed by atoms with E-state index in [-0.39, 0.29) is 5.82 Å². The van der Waals surface area contributed by atoms with Gasteiger partial charge in [0, 0.05) is 23.3 Å². The summed E-state index contributed by atoms with van der Waals surface area (Å²) in [6.07, 6.45) is 10.4. The molecule has 0 bridgehead atoms. The van der Waals surface area contributed by atoms with Gasteiger partial charge < -0.3 is 0 Å². The number of aryl methyl sites for hydroxylation is 3. The minimum Gasteiger partial charge on any atom is -0.236 e. The summed E-state index contributed by atoms with van der Waals surface area (Å²) >= 11 is 0. The summed E-state index contributed by atoms with van der Waals surface area (Å²) in [5.41, 5.74) is 3.15. The zero-order valence-electron chi connectivity index (χ0n) is 18.8. The minimum atomic E-state index is -0.884. The largest absolute Gasteiger partial charge is 0.236 e. The first-order valence-electron chi connectivity index (χ1n) is 11.5. The SMILES string of the molecule is CCCCCCc1cnc(-c2ccc3c(F)c(CCc4ccc(F)c(F)c4)ccc3c2)nc1. The van der Waals surface area contributed by atoms with E-state index in [1.54, 1.807) is 12.1 Å². The molecule has 4 aromatic rings. The van der Waals surface area contributed by atoms with E-state index in [2.05, 4.69) is 16.9 Å². The first-order valence-corrected chi connectivity index (χ1v) is 11.5. The van der Waals surface area contributed by atoms with Gasteiger partial charge in [-0.2, -0.15) is 0 Å². The number of rotatable bonds is 9. The van der Waals surface area contributed by atoms with Gasteiger partial charge in [0.2, 0.25) is 0 Å². The van der Waals surface area contributed by atoms with Crippen LogP contribution in [0.25, 0.3) is 22.2 Å². The van der Waals surface area contributed by atoms with Crippen molar-refractivity contribution in [1.29, 1.82) is 0 Å². The molecule has 0 saturated heterocycles. The quantitative estimate of drug-likeness (QED) is 0.246. The van der Waals surface area contributed by atoms with Crippen LogP contribution in [0.4, 0.5) is 13.2 Å². The number of unbranched alkanes of at least 4 members (excludes halogenated alkanes) is 3. The molecular weight excluding hydrogens is 421 g/mol. The third kappa shape index (κ3) is 5.59. The Bertz CT molecular complexity index is 1240. The topological polar surface area (TPSA) is 25.8 Å². The lowest BCUT2D eigenvalue weighted by atomic mass is 9.99. The highest BCUT2D eigenvalue weighted by molar-refractivity contribution is 5.87. The molecule has 0 fully saturated rings. The number of nitrogens with zero attached hydrogens (tertiary/aromatic N) is 2. The van der Waals surface area contributed by atoms with Crippen LogP contribution in [-0.2, 0) is 19.3 Å². The lowest BCUT2D eigenvalue weighted by molar-refractivity contribution is 0.507. The molecule has 2 nitrogen and oxygen atoms in total. The van der Waals surface area contributed by atoms with Gasteiger partial charge in [-0.15, -0.1) is 0 Å². The Morgan fingerprint density at radius 2 is 1.52 bits per heavy atom. The molecule has 5 heteroatoms. The molecule has 0 atom stereocenters. The predicted molar refractivity (Wildman–Crippen MR) is 127 cm³/mol. The number of hydrogen-bond donors (Lipinski definition) is 0. The third-order valence-electron chi connectivity index (χ3n) is 5.98. The second kappa shape index (κ2) is 10.6. The van der Waals surface area contributed by atoms with E-state index in [9.17, 15) is 8.78 Å². The molecule has 0 radical (unpaired) electrons. The fourth-order valence-corrected chi connectivity index (χ4v) is 4.03. The Morgan fingerprint density at radius 3 is 2.27 bits per heavy atom. The Morgan fingerprint density at radius 1 is 0.697 bits per heavy atom. The van der Waals surface area contributed by atoms with Crippen LogP contribution in [0.2, 0.25) is 0 Å². The molecule has 170 valence electrons. The summed E-state index contributed by atoms with van der Waals surface area (Å²) in [7, 11) is 0. The van der Waals surface area contributed by atoms with Crippen molar-refractivity contribution in [3.05, 3.63) is 95.1 Å². The maximum atomic E-state index is 15.1. The Kier molecular flexibility index (Phi) is 7.38. The molecule has 0 saturated carbocycles. The number of benzene rings is 3. The first kappa shape index (κ1) is 23.0. The van der Waals surface area contributed by atoms with E-state index in [0.717, 1.165) is 41.5 Å². The maximum absolute atomic E-state index is 15.1. The molecule has 0 unspecified atom stereocenters. The molecule has 0 aliphatic rings. The summed E-state index contributed by atoms with van der Waals surface area (Å²) in [6.45, 7) is 2.20. The highest BCUT2D eigenvalue weighted by atomic mass is 19.2. The standard InChI is InChI=1S/C28H27F3N2/c1-2-3-4-5-6-20-17-32-28(33-18-20)23-12-13-24-22(16-23)11-10-21(27(24)31)9-7-19-8-14-25(29)26(30)15-19/h8,10-18H,2-7,9H2,1H3. The van der Waals surface area contributed by atoms with Crippen molar-refractivity contribution in [3.63, 3.8) is 0 Å². The van der Waals surface area contributed by atoms with Crippen LogP contribution in [0.1, 0.15) is 49.3 Å². The highest BCUT2D eigenvalue weighted by Gasteiger charge is 2.11. The molecule has 4 rings (SSSR count). The van der Waals surface area contributed by atoms with Gasteiger partial charge in [-0.3, -0.25) is 0 Å². The monoisotopic (exact) mass is 448 g/mol. The van der Waals surface area contributed by atoms with Gasteiger partial charge >= 0.3 is 0 Å². The molecule has 1 aromatic heterocycles. The van der Waals surface area contributed by atoms with Crippen molar-refractivity contribution in [3.8, 4) is 11.4 Å². The summed E-state index contributed by atoms with van der Waals surface area (Å²) in [5.74, 6) is -1.43. The third-order valence-corrected chi connectivity index (χ3v) is 5.98. The van der Waals surface area contributed by atoms with Crippen LogP contribution in [-0.4, -0.2) is 9.97 Å². The second-order valence-electron chi connectivity index (χ2n) is 8.45. The zero-order chi connectivity index (χ0) is 23.2. The van der Waals surface area contributed by atoms with E-state index in [0.29, 0.717) is 35.2 Å². The van der Waals surface area contributed by atoms with Gasteiger partial charge in [0.15, 0.2) is 17.5 Å². The summed E-state index contributed by atoms with van der Waals surface area (Å²) in [5, 5.41) is 1.29. The Balaban J connectivity index is 1.47. The Labute approximate surface area is 192 Å². The van der Waals surface area contributed by atoms with E-state index < -0.39 is 11.6 Å². The zero-order valence-corrected chi connectivity index (χ0v) is 18.8. The minimum absolute atomic E-state index is 0.287. The van der Waals surface area contributed by atoms with E-state index in [1.807, 2.05) is 30.6 Å². The summed E-state index contributed by atoms with van der Waals surface area (Å²) < 4.78 is 41.6. The van der Waals surface area contributed by atoms with Gasteiger partial charge in [-0.25, -0.2) is 23.1 Å². The number of aromatic nitrogens is 2. The Hall–Kier alpha value is -3.21. The van der Waals surface area contributed by atoms with Crippen molar-refractivity contribution in [2.75, 3.05) is 0 Å². The van der Waals surface area contributed by atoms with Crippen molar-refractivity contribution in [2.45, 2.75) is 51.9 Å². The maximum Gasteiger partial charge on any atom is 0.159 e. The normalized spacial score (nSPS) is 11.3. The van der Waals surface area contributed by atoms with Crippen molar-refractivity contribution in [1.82, 2.24) is 9.97 Å². The second-order valence-corrected chi connectivity index (χ2v) is 8.45. The molecule has 33 heavy (non-hydrogen) atoms. The molecule has 3 aromatic carbocycles. The van der Waals surface area contributed by atoms with Crippen LogP contribution in [0.3, 0.4) is 0 Å². The molecule has 1 heterocycles. The molecule has 0 amide bonds. The van der Waals surface area contributed by atoms with Crippen LogP contribution in [0, 0.1) is 17.5 Å². The average Bonchev–Trinajstić information content (AvgIpc) is 2.84. The molecular formula is C28H27F3N2. The molecule has 0 N–H and O–H groups in total. The lowest BCUT2D eigenvalue weighted by Crippen LogP contribution is -1.98. The van der Waals surface area contributed by atoms with Crippen LogP contribution in [0.5, 0.6) is 0 Å². The molecule has 0 aliphatic carbocycles. The first-order chi connectivity index (χ1) is 16.0. The van der Waals surface area contributed by atoms with Gasteiger partial charge in [-0.05, 0) is 66.0 Å². The fraction of sp³-hybridized carbons (Fsp3) is 0.286. The van der Waals surface area contributed by atoms with Crippen LogP contribution >= 0.6 is 0 Å². The summed E-state index contributed by atoms with van der Waals surface area (Å²) in [6, 6.07) is 12.9. The van der Waals surface area contributed by atoms with E-state index in [1.165, 1.54) is 25.3 Å². The van der Waals surface area contributed by atoms with Gasteiger partial charge in [0.25, 0.3) is 0 Å². The van der Waals surface area contributed by atoms with Crippen LogP contribution < -0.4 is 0 Å². The van der Waals surface area contributed by atoms with Crippen molar-refractivity contribution >= 4 is 10.8 Å². The van der Waals surface area contributed by atoms with Crippen LogP contribution in [0.15, 0.2) is 60.9 Å². The number of hydrogen-bond acceptors (Lipinski definition) is 2. The average molecular weight is 449 g/mol. The number of fused-ring (bicyclic) bond motifs is 1. The van der Waals surface area contributed by atoms with Crippen molar-refractivity contribution < 1.29 is 13.2 Å². The molecule has 0 spiro atoms. The highest BCUT2D eigenvalue weighted by Crippen LogP contribution is 2.27. The smallest absolute Gasteiger partial charge is 0.159 e. The van der Waals surface area contributed by atoms with Crippen molar-refractivity contribution in [2.24, 2.45) is 0 Å². The summed E-state index contributed by atoms with van der Waals surface area (Å²) in [4.78, 5) is 9.02. The predicted octanol–water partition coefficient (Wildman–Crippen LogP) is 7.62. The van der Waals surface area contributed by atoms with Gasteiger partial charge in [-0.1, -0.05) is 56.5 Å². The number of halogens is 3.